The van der Waals surface area contributed by atoms with Gasteiger partial charge in [-0.05, 0) is 30.9 Å². The van der Waals surface area contributed by atoms with Gasteiger partial charge in [-0.1, -0.05) is 31.2 Å². The Balaban J connectivity index is 0.00000256. The molecule has 4 heteroatoms. The summed E-state index contributed by atoms with van der Waals surface area (Å²) in [6, 6.07) is 7.48. The smallest absolute Gasteiger partial charge is 0.323 e. The number of benzene rings is 1. The summed E-state index contributed by atoms with van der Waals surface area (Å²) in [5.41, 5.74) is 8.15. The largest absolute Gasteiger partial charge is 0.465 e. The monoisotopic (exact) mass is 257 g/mol. The Morgan fingerprint density at radius 2 is 1.88 bits per heavy atom. The van der Waals surface area contributed by atoms with E-state index in [2.05, 4.69) is 13.0 Å². The molecule has 2 N–H and O–H groups in total. The van der Waals surface area contributed by atoms with E-state index in [0.29, 0.717) is 13.0 Å². The van der Waals surface area contributed by atoms with Crippen molar-refractivity contribution in [2.75, 3.05) is 6.61 Å². The average Bonchev–Trinajstić information content (AvgIpc) is 2.30. The number of rotatable bonds is 5. The minimum absolute atomic E-state index is 0. The molecular formula is C13H20ClNO2. The van der Waals surface area contributed by atoms with Gasteiger partial charge >= 0.3 is 5.97 Å². The SMILES string of the molecule is CCOC(=O)C(N)Cc1ccccc1CC.Cl. The highest BCUT2D eigenvalue weighted by molar-refractivity contribution is 5.85. The molecule has 0 saturated carbocycles. The summed E-state index contributed by atoms with van der Waals surface area (Å²) in [5, 5.41) is 0. The van der Waals surface area contributed by atoms with Crippen LogP contribution in [0.5, 0.6) is 0 Å². The predicted octanol–water partition coefficient (Wildman–Crippen LogP) is 2.10. The third-order valence-electron chi connectivity index (χ3n) is 2.53. The molecule has 0 heterocycles. The van der Waals surface area contributed by atoms with Gasteiger partial charge in [-0.3, -0.25) is 4.79 Å². The molecule has 1 atom stereocenters. The van der Waals surface area contributed by atoms with E-state index in [9.17, 15) is 4.79 Å². The van der Waals surface area contributed by atoms with Crippen molar-refractivity contribution >= 4 is 18.4 Å². The molecule has 3 nitrogen and oxygen atoms in total. The van der Waals surface area contributed by atoms with Crippen molar-refractivity contribution in [1.82, 2.24) is 0 Å². The molecule has 0 fully saturated rings. The van der Waals surface area contributed by atoms with Gasteiger partial charge in [0.2, 0.25) is 0 Å². The van der Waals surface area contributed by atoms with Gasteiger partial charge in [0.05, 0.1) is 6.61 Å². The van der Waals surface area contributed by atoms with Crippen molar-refractivity contribution in [3.63, 3.8) is 0 Å². The van der Waals surface area contributed by atoms with E-state index < -0.39 is 6.04 Å². The maximum Gasteiger partial charge on any atom is 0.323 e. The Morgan fingerprint density at radius 3 is 2.41 bits per heavy atom. The molecule has 0 spiro atoms. The molecular weight excluding hydrogens is 238 g/mol. The van der Waals surface area contributed by atoms with Crippen molar-refractivity contribution in [2.45, 2.75) is 32.7 Å². The van der Waals surface area contributed by atoms with Crippen LogP contribution in [0.1, 0.15) is 25.0 Å². The highest BCUT2D eigenvalue weighted by Crippen LogP contribution is 2.11. The Bertz CT molecular complexity index is 355. The van der Waals surface area contributed by atoms with Crippen LogP contribution in [-0.4, -0.2) is 18.6 Å². The predicted molar refractivity (Wildman–Crippen MR) is 71.4 cm³/mol. The molecule has 1 aromatic carbocycles. The molecule has 0 saturated heterocycles. The molecule has 0 aliphatic heterocycles. The van der Waals surface area contributed by atoms with Crippen LogP contribution in [0.4, 0.5) is 0 Å². The lowest BCUT2D eigenvalue weighted by Gasteiger charge is -2.13. The number of carbonyl (C=O) groups excluding carboxylic acids is 1. The third kappa shape index (κ3) is 4.75. The van der Waals surface area contributed by atoms with Crippen molar-refractivity contribution in [2.24, 2.45) is 5.73 Å². The zero-order valence-electron chi connectivity index (χ0n) is 10.3. The lowest BCUT2D eigenvalue weighted by atomic mass is 9.99. The quantitative estimate of drug-likeness (QED) is 0.822. The van der Waals surface area contributed by atoms with Crippen LogP contribution in [0.25, 0.3) is 0 Å². The second kappa shape index (κ2) is 8.09. The summed E-state index contributed by atoms with van der Waals surface area (Å²) >= 11 is 0. The molecule has 0 bridgehead atoms. The zero-order chi connectivity index (χ0) is 12.0. The van der Waals surface area contributed by atoms with Crippen LogP contribution in [0.15, 0.2) is 24.3 Å². The van der Waals surface area contributed by atoms with Crippen LogP contribution in [-0.2, 0) is 22.4 Å². The Hall–Kier alpha value is -1.06. The van der Waals surface area contributed by atoms with E-state index in [1.807, 2.05) is 18.2 Å². The van der Waals surface area contributed by atoms with Crippen LogP contribution < -0.4 is 5.73 Å². The van der Waals surface area contributed by atoms with Crippen LogP contribution >= 0.6 is 12.4 Å². The van der Waals surface area contributed by atoms with Crippen molar-refractivity contribution < 1.29 is 9.53 Å². The summed E-state index contributed by atoms with van der Waals surface area (Å²) in [4.78, 5) is 11.4. The van der Waals surface area contributed by atoms with Crippen molar-refractivity contribution in [1.29, 1.82) is 0 Å². The maximum absolute atomic E-state index is 11.4. The van der Waals surface area contributed by atoms with Crippen molar-refractivity contribution in [3.8, 4) is 0 Å². The van der Waals surface area contributed by atoms with Gasteiger partial charge in [-0.15, -0.1) is 12.4 Å². The molecule has 1 aromatic rings. The molecule has 0 aromatic heterocycles. The second-order valence-corrected chi connectivity index (χ2v) is 3.68. The molecule has 0 radical (unpaired) electrons. The zero-order valence-corrected chi connectivity index (χ0v) is 11.1. The van der Waals surface area contributed by atoms with Gasteiger partial charge in [0.25, 0.3) is 0 Å². The van der Waals surface area contributed by atoms with Crippen LogP contribution in [0, 0.1) is 0 Å². The first-order chi connectivity index (χ1) is 7.69. The number of hydrogen-bond acceptors (Lipinski definition) is 3. The number of carbonyl (C=O) groups is 1. The standard InChI is InChI=1S/C13H19NO2.ClH/c1-3-10-7-5-6-8-11(10)9-12(14)13(15)16-4-2;/h5-8,12H,3-4,9,14H2,1-2H3;1H. The van der Waals surface area contributed by atoms with Gasteiger partial charge in [-0.25, -0.2) is 0 Å². The van der Waals surface area contributed by atoms with Crippen molar-refractivity contribution in [3.05, 3.63) is 35.4 Å². The lowest BCUT2D eigenvalue weighted by molar-refractivity contribution is -0.144. The minimum Gasteiger partial charge on any atom is -0.465 e. The van der Waals surface area contributed by atoms with Crippen LogP contribution in [0.2, 0.25) is 0 Å². The molecule has 17 heavy (non-hydrogen) atoms. The summed E-state index contributed by atoms with van der Waals surface area (Å²) < 4.78 is 4.89. The Labute approximate surface area is 109 Å². The van der Waals surface area contributed by atoms with Gasteiger partial charge in [0.15, 0.2) is 0 Å². The van der Waals surface area contributed by atoms with Gasteiger partial charge < -0.3 is 10.5 Å². The molecule has 0 aliphatic carbocycles. The molecule has 0 aliphatic rings. The van der Waals surface area contributed by atoms with E-state index in [1.165, 1.54) is 5.56 Å². The topological polar surface area (TPSA) is 52.3 Å². The van der Waals surface area contributed by atoms with E-state index in [0.717, 1.165) is 12.0 Å². The Kier molecular flexibility index (Phi) is 7.59. The molecule has 1 rings (SSSR count). The maximum atomic E-state index is 11.4. The van der Waals surface area contributed by atoms with E-state index in [4.69, 9.17) is 10.5 Å². The molecule has 96 valence electrons. The summed E-state index contributed by atoms with van der Waals surface area (Å²) in [7, 11) is 0. The summed E-state index contributed by atoms with van der Waals surface area (Å²) in [6.07, 6.45) is 1.49. The Morgan fingerprint density at radius 1 is 1.29 bits per heavy atom. The first-order valence-corrected chi connectivity index (χ1v) is 5.68. The highest BCUT2D eigenvalue weighted by atomic mass is 35.5. The molecule has 0 amide bonds. The summed E-state index contributed by atoms with van der Waals surface area (Å²) in [5.74, 6) is -0.326. The number of halogens is 1. The number of esters is 1. The fourth-order valence-electron chi connectivity index (χ4n) is 1.67. The second-order valence-electron chi connectivity index (χ2n) is 3.68. The van der Waals surface area contributed by atoms with Gasteiger partial charge in [0.1, 0.15) is 6.04 Å². The normalized spacial score (nSPS) is 11.5. The third-order valence-corrected chi connectivity index (χ3v) is 2.53. The first-order valence-electron chi connectivity index (χ1n) is 5.68. The fourth-order valence-corrected chi connectivity index (χ4v) is 1.67. The van der Waals surface area contributed by atoms with Gasteiger partial charge in [-0.2, -0.15) is 0 Å². The number of hydrogen-bond donors (Lipinski definition) is 1. The van der Waals surface area contributed by atoms with E-state index in [-0.39, 0.29) is 18.4 Å². The van der Waals surface area contributed by atoms with E-state index >= 15 is 0 Å². The van der Waals surface area contributed by atoms with Gasteiger partial charge in [0, 0.05) is 0 Å². The fraction of sp³-hybridized carbons (Fsp3) is 0.462. The molecule has 1 unspecified atom stereocenters. The number of ether oxygens (including phenoxy) is 1. The number of aryl methyl sites for hydroxylation is 1. The summed E-state index contributed by atoms with van der Waals surface area (Å²) in [6.45, 7) is 4.25. The highest BCUT2D eigenvalue weighted by Gasteiger charge is 2.16. The minimum atomic E-state index is -0.562. The number of nitrogens with two attached hydrogens (primary N) is 1. The first kappa shape index (κ1) is 15.9. The van der Waals surface area contributed by atoms with E-state index in [1.54, 1.807) is 6.92 Å². The average molecular weight is 258 g/mol. The lowest BCUT2D eigenvalue weighted by Crippen LogP contribution is -2.34. The van der Waals surface area contributed by atoms with Crippen LogP contribution in [0.3, 0.4) is 0 Å².